The Morgan fingerprint density at radius 1 is 1.21 bits per heavy atom. The predicted octanol–water partition coefficient (Wildman–Crippen LogP) is 2.61. The first-order valence-electron chi connectivity index (χ1n) is 5.28. The molecule has 3 nitrogen and oxygen atoms in total. The van der Waals surface area contributed by atoms with Gasteiger partial charge in [0.15, 0.2) is 0 Å². The summed E-state index contributed by atoms with van der Waals surface area (Å²) in [5.74, 6) is 0.465. The molecule has 2 N–H and O–H groups in total. The van der Waals surface area contributed by atoms with E-state index in [0.29, 0.717) is 12.0 Å². The minimum Gasteiger partial charge on any atom is -0.323 e. The van der Waals surface area contributed by atoms with Crippen LogP contribution in [0.4, 0.5) is 0 Å². The summed E-state index contributed by atoms with van der Waals surface area (Å²) in [5, 5.41) is 4.57. The van der Waals surface area contributed by atoms with Crippen LogP contribution in [0.25, 0.3) is 0 Å². The highest BCUT2D eigenvalue weighted by molar-refractivity contribution is 5.16. The zero-order chi connectivity index (χ0) is 10.9. The van der Waals surface area contributed by atoms with Crippen molar-refractivity contribution >= 4 is 0 Å². The van der Waals surface area contributed by atoms with Crippen molar-refractivity contribution in [3.63, 3.8) is 0 Å². The number of rotatable bonds is 3. The first-order chi connectivity index (χ1) is 6.43. The molecule has 1 heterocycles. The van der Waals surface area contributed by atoms with Crippen molar-refractivity contribution < 1.29 is 0 Å². The molecule has 0 radical (unpaired) electrons. The molecule has 0 aliphatic rings. The third-order valence-corrected chi connectivity index (χ3v) is 2.33. The second-order valence-corrected chi connectivity index (χ2v) is 4.48. The number of hydrogen-bond donors (Lipinski definition) is 1. The van der Waals surface area contributed by atoms with E-state index in [2.05, 4.69) is 38.9 Å². The van der Waals surface area contributed by atoms with Crippen LogP contribution in [0, 0.1) is 0 Å². The predicted molar refractivity (Wildman–Crippen MR) is 59.3 cm³/mol. The van der Waals surface area contributed by atoms with E-state index in [1.54, 1.807) is 0 Å². The first-order valence-corrected chi connectivity index (χ1v) is 5.28. The molecule has 1 rings (SSSR count). The average molecular weight is 195 g/mol. The van der Waals surface area contributed by atoms with Gasteiger partial charge in [0.25, 0.3) is 0 Å². The summed E-state index contributed by atoms with van der Waals surface area (Å²) in [5.41, 5.74) is 8.16. The lowest BCUT2D eigenvalue weighted by Gasteiger charge is -2.12. The van der Waals surface area contributed by atoms with Crippen molar-refractivity contribution in [3.8, 4) is 0 Å². The van der Waals surface area contributed by atoms with Gasteiger partial charge in [-0.1, -0.05) is 13.8 Å². The summed E-state index contributed by atoms with van der Waals surface area (Å²) in [6.45, 7) is 10.6. The highest BCUT2D eigenvalue weighted by atomic mass is 15.3. The zero-order valence-corrected chi connectivity index (χ0v) is 9.78. The lowest BCUT2D eigenvalue weighted by molar-refractivity contribution is 0.488. The van der Waals surface area contributed by atoms with Gasteiger partial charge < -0.3 is 5.73 Å². The molecule has 0 saturated heterocycles. The normalized spacial score (nSPS) is 14.0. The Kier molecular flexibility index (Phi) is 3.32. The van der Waals surface area contributed by atoms with Crippen molar-refractivity contribution in [2.24, 2.45) is 5.73 Å². The van der Waals surface area contributed by atoms with E-state index in [-0.39, 0.29) is 6.04 Å². The van der Waals surface area contributed by atoms with Crippen molar-refractivity contribution in [1.82, 2.24) is 9.78 Å². The Bertz CT molecular complexity index is 272. The monoisotopic (exact) mass is 195 g/mol. The van der Waals surface area contributed by atoms with Gasteiger partial charge in [-0.05, 0) is 32.8 Å². The molecule has 1 unspecified atom stereocenters. The van der Waals surface area contributed by atoms with Gasteiger partial charge in [-0.15, -0.1) is 0 Å². The number of nitrogens with zero attached hydrogens (tertiary/aromatic N) is 2. The molecule has 14 heavy (non-hydrogen) atoms. The molecule has 1 atom stereocenters. The minimum absolute atomic E-state index is 0.0531. The average Bonchev–Trinajstić information content (AvgIpc) is 2.47. The Morgan fingerprint density at radius 2 is 1.79 bits per heavy atom. The molecule has 1 aromatic heterocycles. The van der Waals surface area contributed by atoms with E-state index in [1.807, 2.05) is 11.6 Å². The summed E-state index contributed by atoms with van der Waals surface area (Å²) in [6.07, 6.45) is 0. The van der Waals surface area contributed by atoms with Crippen LogP contribution in [0.15, 0.2) is 6.07 Å². The van der Waals surface area contributed by atoms with Crippen molar-refractivity contribution in [2.75, 3.05) is 0 Å². The molecular weight excluding hydrogens is 174 g/mol. The summed E-state index contributed by atoms with van der Waals surface area (Å²) < 4.78 is 2.03. The van der Waals surface area contributed by atoms with Gasteiger partial charge in [0.1, 0.15) is 0 Å². The topological polar surface area (TPSA) is 43.8 Å². The van der Waals surface area contributed by atoms with Crippen LogP contribution in [-0.2, 0) is 0 Å². The Hall–Kier alpha value is -0.830. The minimum atomic E-state index is 0.0531. The van der Waals surface area contributed by atoms with Gasteiger partial charge in [0, 0.05) is 12.1 Å². The largest absolute Gasteiger partial charge is 0.323 e. The number of hydrogen-bond acceptors (Lipinski definition) is 2. The van der Waals surface area contributed by atoms with Gasteiger partial charge in [0.2, 0.25) is 0 Å². The van der Waals surface area contributed by atoms with Crippen LogP contribution in [0.5, 0.6) is 0 Å². The fraction of sp³-hybridized carbons (Fsp3) is 0.727. The van der Waals surface area contributed by atoms with Crippen LogP contribution in [0.3, 0.4) is 0 Å². The van der Waals surface area contributed by atoms with Crippen LogP contribution in [0.2, 0.25) is 0 Å². The quantitative estimate of drug-likeness (QED) is 0.805. The second kappa shape index (κ2) is 4.13. The molecule has 0 bridgehead atoms. The zero-order valence-electron chi connectivity index (χ0n) is 9.78. The van der Waals surface area contributed by atoms with Crippen molar-refractivity contribution in [1.29, 1.82) is 0 Å². The van der Waals surface area contributed by atoms with E-state index >= 15 is 0 Å². The fourth-order valence-electron chi connectivity index (χ4n) is 1.46. The van der Waals surface area contributed by atoms with Crippen LogP contribution in [0.1, 0.15) is 64.0 Å². The Labute approximate surface area is 86.3 Å². The molecule has 0 amide bonds. The lowest BCUT2D eigenvalue weighted by atomic mass is 10.1. The molecule has 0 aliphatic heterocycles. The number of aromatic nitrogens is 2. The van der Waals surface area contributed by atoms with Gasteiger partial charge >= 0.3 is 0 Å². The molecular formula is C11H21N3. The SMILES string of the molecule is CC(C)c1cc(C(C)N)n(C(C)C)n1. The van der Waals surface area contributed by atoms with Crippen molar-refractivity contribution in [3.05, 3.63) is 17.5 Å². The van der Waals surface area contributed by atoms with E-state index in [4.69, 9.17) is 5.73 Å². The standard InChI is InChI=1S/C11H21N3/c1-7(2)10-6-11(9(5)12)14(13-10)8(3)4/h6-9H,12H2,1-5H3. The van der Waals surface area contributed by atoms with Gasteiger partial charge in [-0.25, -0.2) is 0 Å². The number of nitrogens with two attached hydrogens (primary N) is 1. The van der Waals surface area contributed by atoms with Crippen LogP contribution in [-0.4, -0.2) is 9.78 Å². The first kappa shape index (κ1) is 11.2. The Balaban J connectivity index is 3.12. The third-order valence-electron chi connectivity index (χ3n) is 2.33. The van der Waals surface area contributed by atoms with Gasteiger partial charge in [-0.3, -0.25) is 4.68 Å². The smallest absolute Gasteiger partial charge is 0.0653 e. The molecule has 1 aromatic rings. The Morgan fingerprint density at radius 3 is 2.07 bits per heavy atom. The van der Waals surface area contributed by atoms with Crippen LogP contribution >= 0.6 is 0 Å². The van der Waals surface area contributed by atoms with Crippen LogP contribution < -0.4 is 5.73 Å². The van der Waals surface area contributed by atoms with Crippen molar-refractivity contribution in [2.45, 2.75) is 52.6 Å². The molecule has 0 spiro atoms. The summed E-state index contributed by atoms with van der Waals surface area (Å²) in [6, 6.07) is 2.55. The third kappa shape index (κ3) is 2.15. The lowest BCUT2D eigenvalue weighted by Crippen LogP contribution is -2.14. The summed E-state index contributed by atoms with van der Waals surface area (Å²) in [7, 11) is 0. The summed E-state index contributed by atoms with van der Waals surface area (Å²) >= 11 is 0. The molecule has 0 aliphatic carbocycles. The molecule has 0 aromatic carbocycles. The summed E-state index contributed by atoms with van der Waals surface area (Å²) in [4.78, 5) is 0. The van der Waals surface area contributed by atoms with E-state index in [0.717, 1.165) is 11.4 Å². The second-order valence-electron chi connectivity index (χ2n) is 4.48. The maximum Gasteiger partial charge on any atom is 0.0653 e. The maximum absolute atomic E-state index is 5.90. The highest BCUT2D eigenvalue weighted by Crippen LogP contribution is 2.21. The molecule has 0 saturated carbocycles. The van der Waals surface area contributed by atoms with E-state index < -0.39 is 0 Å². The fourth-order valence-corrected chi connectivity index (χ4v) is 1.46. The molecule has 0 fully saturated rings. The maximum atomic E-state index is 5.90. The van der Waals surface area contributed by atoms with E-state index in [9.17, 15) is 0 Å². The highest BCUT2D eigenvalue weighted by Gasteiger charge is 2.14. The van der Waals surface area contributed by atoms with Gasteiger partial charge in [-0.2, -0.15) is 5.10 Å². The molecule has 80 valence electrons. The van der Waals surface area contributed by atoms with Gasteiger partial charge in [0.05, 0.1) is 11.4 Å². The molecule has 3 heteroatoms. The van der Waals surface area contributed by atoms with E-state index in [1.165, 1.54) is 0 Å².